The molecule has 0 saturated carbocycles. The zero-order valence-electron chi connectivity index (χ0n) is 7.34. The zero-order chi connectivity index (χ0) is 7.40. The molecule has 0 aromatic heterocycles. The molecule has 0 radical (unpaired) electrons. The van der Waals surface area contributed by atoms with Gasteiger partial charge in [-0.05, 0) is 6.42 Å². The normalized spacial score (nSPS) is 14.2. The van der Waals surface area contributed by atoms with Crippen LogP contribution in [0.5, 0.6) is 0 Å². The van der Waals surface area contributed by atoms with E-state index in [1.54, 1.807) is 14.2 Å². The van der Waals surface area contributed by atoms with Crippen molar-refractivity contribution in [3.05, 3.63) is 30.1 Å². The van der Waals surface area contributed by atoms with Crippen LogP contribution in [0.25, 0.3) is 0 Å². The number of hydrogen-bond acceptors (Lipinski definition) is 2. The molecule has 1 aliphatic carbocycles. The predicted octanol–water partition coefficient (Wildman–Crippen LogP) is -1.72. The minimum Gasteiger partial charge on any atom is -1.00 e. The Bertz CT molecular complexity index is 168. The van der Waals surface area contributed by atoms with Crippen LogP contribution in [-0.2, 0) is 9.47 Å². The molecule has 0 N–H and O–H groups in total. The maximum atomic E-state index is 5.03. The predicted molar refractivity (Wildman–Crippen MR) is 44.9 cm³/mol. The van der Waals surface area contributed by atoms with Gasteiger partial charge in [0.15, 0.2) is 0 Å². The van der Waals surface area contributed by atoms with E-state index in [9.17, 15) is 0 Å². The smallest absolute Gasteiger partial charge is 1.00 e. The fourth-order valence-corrected chi connectivity index (χ4v) is 0.833. The van der Waals surface area contributed by atoms with E-state index in [1.807, 2.05) is 18.2 Å². The molecule has 0 atom stereocenters. The summed E-state index contributed by atoms with van der Waals surface area (Å²) in [5, 5.41) is 0. The third kappa shape index (κ3) is 4.40. The first-order chi connectivity index (χ1) is 4.86. The Morgan fingerprint density at radius 1 is 1.42 bits per heavy atom. The number of allylic oxidation sites excluding steroid dienone is 2. The van der Waals surface area contributed by atoms with E-state index in [2.05, 4.69) is 0 Å². The van der Waals surface area contributed by atoms with Crippen LogP contribution in [0.15, 0.2) is 24.0 Å². The molecule has 1 aliphatic rings. The zero-order valence-corrected chi connectivity index (χ0v) is 10.3. The maximum Gasteiger partial charge on any atom is 2.00 e. The third-order valence-corrected chi connectivity index (χ3v) is 1.44. The van der Waals surface area contributed by atoms with Crippen molar-refractivity contribution in [1.29, 1.82) is 0 Å². The van der Waals surface area contributed by atoms with Gasteiger partial charge in [-0.2, -0.15) is 6.08 Å². The molecular formula is C8H11BrMgO2. The Kier molecular flexibility index (Phi) is 9.88. The summed E-state index contributed by atoms with van der Waals surface area (Å²) in [6.45, 7) is 0. The van der Waals surface area contributed by atoms with Gasteiger partial charge in [0.2, 0.25) is 0 Å². The molecular weight excluding hydrogens is 232 g/mol. The van der Waals surface area contributed by atoms with Crippen molar-refractivity contribution in [1.82, 2.24) is 0 Å². The minimum atomic E-state index is 0. The molecule has 0 aliphatic heterocycles. The monoisotopic (exact) mass is 242 g/mol. The number of methoxy groups -OCH3 is 2. The van der Waals surface area contributed by atoms with Crippen LogP contribution >= 0.6 is 0 Å². The Hall–Kier alpha value is 0.356. The summed E-state index contributed by atoms with van der Waals surface area (Å²) in [5.74, 6) is 0.944. The summed E-state index contributed by atoms with van der Waals surface area (Å²) in [7, 11) is 3.33. The van der Waals surface area contributed by atoms with Gasteiger partial charge < -0.3 is 26.5 Å². The van der Waals surface area contributed by atoms with E-state index in [4.69, 9.17) is 9.47 Å². The van der Waals surface area contributed by atoms with E-state index in [0.717, 1.165) is 18.3 Å². The first-order valence-corrected chi connectivity index (χ1v) is 3.18. The largest absolute Gasteiger partial charge is 2.00 e. The number of rotatable bonds is 2. The average Bonchev–Trinajstić information content (AvgIpc) is 2.05. The average molecular weight is 243 g/mol. The molecule has 0 spiro atoms. The van der Waals surface area contributed by atoms with Crippen molar-refractivity contribution in [2.45, 2.75) is 6.42 Å². The fraction of sp³-hybridized carbons (Fsp3) is 0.375. The van der Waals surface area contributed by atoms with E-state index < -0.39 is 0 Å². The fourth-order valence-electron chi connectivity index (χ4n) is 0.833. The minimum absolute atomic E-state index is 0. The SMILES string of the molecule is COC1=CC=C[C-](OC)C1.[Br-].[Mg+2]. The molecule has 0 heterocycles. The van der Waals surface area contributed by atoms with Crippen molar-refractivity contribution in [2.75, 3.05) is 14.2 Å². The van der Waals surface area contributed by atoms with E-state index in [1.165, 1.54) is 0 Å². The Balaban J connectivity index is 0. The topological polar surface area (TPSA) is 18.5 Å². The second-order valence-corrected chi connectivity index (χ2v) is 2.04. The first-order valence-electron chi connectivity index (χ1n) is 3.18. The molecule has 0 saturated heterocycles. The molecule has 4 heteroatoms. The van der Waals surface area contributed by atoms with Gasteiger partial charge in [-0.15, -0.1) is 6.08 Å². The molecule has 0 amide bonds. The van der Waals surface area contributed by atoms with Crippen LogP contribution in [0.2, 0.25) is 0 Å². The van der Waals surface area contributed by atoms with Gasteiger partial charge in [-0.25, -0.2) is 6.08 Å². The van der Waals surface area contributed by atoms with Crippen LogP contribution in [0, 0.1) is 6.10 Å². The molecule has 64 valence electrons. The number of halogens is 1. The molecule has 12 heavy (non-hydrogen) atoms. The van der Waals surface area contributed by atoms with Crippen LogP contribution in [0.1, 0.15) is 6.42 Å². The summed E-state index contributed by atoms with van der Waals surface area (Å²) >= 11 is 0. The van der Waals surface area contributed by atoms with Gasteiger partial charge in [0.1, 0.15) is 0 Å². The molecule has 0 aromatic rings. The van der Waals surface area contributed by atoms with Crippen molar-refractivity contribution in [2.24, 2.45) is 0 Å². The van der Waals surface area contributed by atoms with Gasteiger partial charge in [0, 0.05) is 7.11 Å². The maximum absolute atomic E-state index is 5.03. The van der Waals surface area contributed by atoms with E-state index in [-0.39, 0.29) is 40.0 Å². The second-order valence-electron chi connectivity index (χ2n) is 2.04. The van der Waals surface area contributed by atoms with E-state index in [0.29, 0.717) is 0 Å². The molecule has 2 nitrogen and oxygen atoms in total. The first kappa shape index (κ1) is 14.9. The summed E-state index contributed by atoms with van der Waals surface area (Å²) in [6, 6.07) is 0. The summed E-state index contributed by atoms with van der Waals surface area (Å²) in [4.78, 5) is 0. The summed E-state index contributed by atoms with van der Waals surface area (Å²) in [6.07, 6.45) is 7.50. The standard InChI is InChI=1S/C8H11O2.BrH.Mg/c1-9-7-4-3-5-8(6-7)10-2;;/h3-5H,6H2,1-2H3;1H;/q-1;;+2/p-1. The second kappa shape index (κ2) is 7.98. The van der Waals surface area contributed by atoms with Crippen LogP contribution in [-0.4, -0.2) is 37.3 Å². The van der Waals surface area contributed by atoms with Gasteiger partial charge in [-0.1, -0.05) is 6.10 Å². The molecule has 1 rings (SSSR count). The van der Waals surface area contributed by atoms with Crippen molar-refractivity contribution in [3.8, 4) is 0 Å². The van der Waals surface area contributed by atoms with Crippen molar-refractivity contribution >= 4 is 23.1 Å². The van der Waals surface area contributed by atoms with Gasteiger partial charge >= 0.3 is 23.1 Å². The molecule has 0 unspecified atom stereocenters. The van der Waals surface area contributed by atoms with E-state index >= 15 is 0 Å². The number of ether oxygens (including phenoxy) is 2. The third-order valence-electron chi connectivity index (χ3n) is 1.44. The number of hydrogen-bond donors (Lipinski definition) is 0. The Morgan fingerprint density at radius 3 is 2.58 bits per heavy atom. The van der Waals surface area contributed by atoms with Gasteiger partial charge in [0.05, 0.1) is 12.9 Å². The van der Waals surface area contributed by atoms with Crippen LogP contribution < -0.4 is 17.0 Å². The van der Waals surface area contributed by atoms with Crippen molar-refractivity contribution < 1.29 is 26.5 Å². The van der Waals surface area contributed by atoms with Crippen LogP contribution in [0.4, 0.5) is 0 Å². The summed E-state index contributed by atoms with van der Waals surface area (Å²) < 4.78 is 10.1. The Labute approximate surface area is 99.9 Å². The van der Waals surface area contributed by atoms with Gasteiger partial charge in [-0.3, -0.25) is 0 Å². The molecule has 0 bridgehead atoms. The Morgan fingerprint density at radius 2 is 2.08 bits per heavy atom. The molecule has 0 fully saturated rings. The van der Waals surface area contributed by atoms with Crippen molar-refractivity contribution in [3.63, 3.8) is 0 Å². The van der Waals surface area contributed by atoms with Crippen LogP contribution in [0.3, 0.4) is 0 Å². The van der Waals surface area contributed by atoms with Gasteiger partial charge in [0.25, 0.3) is 0 Å². The summed E-state index contributed by atoms with van der Waals surface area (Å²) in [5.41, 5.74) is 0. The quantitative estimate of drug-likeness (QED) is 0.424. The molecule has 0 aromatic carbocycles.